The molecule has 0 spiro atoms. The molecule has 0 fully saturated rings. The molecule has 0 unspecified atom stereocenters. The topological polar surface area (TPSA) is 105 Å². The van der Waals surface area contributed by atoms with Crippen LogP contribution in [0, 0.1) is 6.92 Å². The molecule has 2 amide bonds. The van der Waals surface area contributed by atoms with Crippen LogP contribution in [0.5, 0.6) is 5.75 Å². The van der Waals surface area contributed by atoms with Crippen LogP contribution in [0.3, 0.4) is 0 Å². The van der Waals surface area contributed by atoms with Gasteiger partial charge in [-0.2, -0.15) is 5.10 Å². The van der Waals surface area contributed by atoms with Crippen molar-refractivity contribution in [1.82, 2.24) is 10.4 Å². The zero-order chi connectivity index (χ0) is 29.3. The third kappa shape index (κ3) is 7.90. The number of anilines is 3. The number of amides is 2. The van der Waals surface area contributed by atoms with E-state index in [1.165, 1.54) is 17.6 Å². The predicted octanol–water partition coefficient (Wildman–Crippen LogP) is 7.41. The van der Waals surface area contributed by atoms with Gasteiger partial charge in [0.2, 0.25) is 0 Å². The Kier molecular flexibility index (Phi) is 9.37. The highest BCUT2D eigenvalue weighted by Gasteiger charge is 2.09. The second-order valence-electron chi connectivity index (χ2n) is 9.20. The van der Waals surface area contributed by atoms with Crippen LogP contribution < -0.4 is 20.8 Å². The number of nitrogens with zero attached hydrogens (tertiary/aromatic N) is 2. The summed E-state index contributed by atoms with van der Waals surface area (Å²) in [6, 6.07) is 29.9. The highest BCUT2D eigenvalue weighted by Crippen LogP contribution is 2.28. The molecule has 10 heteroatoms. The Morgan fingerprint density at radius 2 is 1.74 bits per heavy atom. The predicted molar refractivity (Wildman–Crippen MR) is 172 cm³/mol. The first-order valence-electron chi connectivity index (χ1n) is 12.9. The number of carbonyl (C=O) groups is 2. The van der Waals surface area contributed by atoms with Gasteiger partial charge in [-0.05, 0) is 88.6 Å². The van der Waals surface area contributed by atoms with E-state index in [1.54, 1.807) is 30.3 Å². The van der Waals surface area contributed by atoms with E-state index < -0.39 is 0 Å². The zero-order valence-corrected chi connectivity index (χ0v) is 24.9. The van der Waals surface area contributed by atoms with Crippen molar-refractivity contribution in [1.29, 1.82) is 0 Å². The number of rotatable bonds is 10. The molecule has 0 saturated carbocycles. The van der Waals surface area contributed by atoms with Crippen LogP contribution in [0.25, 0.3) is 11.3 Å². The van der Waals surface area contributed by atoms with E-state index in [2.05, 4.69) is 42.1 Å². The first kappa shape index (κ1) is 28.7. The number of aryl methyl sites for hydroxylation is 1. The molecule has 0 radical (unpaired) electrons. The van der Waals surface area contributed by atoms with Crippen molar-refractivity contribution in [2.24, 2.45) is 5.10 Å². The Morgan fingerprint density at radius 3 is 2.50 bits per heavy atom. The molecule has 0 aliphatic heterocycles. The third-order valence-corrected chi connectivity index (χ3v) is 7.35. The normalized spacial score (nSPS) is 10.8. The third-order valence-electron chi connectivity index (χ3n) is 5.97. The Morgan fingerprint density at radius 1 is 0.952 bits per heavy atom. The average Bonchev–Trinajstić information content (AvgIpc) is 3.46. The van der Waals surface area contributed by atoms with Crippen LogP contribution >= 0.6 is 27.3 Å². The van der Waals surface area contributed by atoms with Gasteiger partial charge >= 0.3 is 0 Å². The number of aromatic nitrogens is 1. The van der Waals surface area contributed by atoms with Gasteiger partial charge in [-0.3, -0.25) is 9.59 Å². The van der Waals surface area contributed by atoms with E-state index in [9.17, 15) is 9.59 Å². The van der Waals surface area contributed by atoms with Crippen LogP contribution in [0.2, 0.25) is 0 Å². The molecule has 3 N–H and O–H groups in total. The lowest BCUT2D eigenvalue weighted by atomic mass is 10.1. The standard InChI is InChI=1S/C32H26BrN5O3S/c1-21-6-5-9-26(16-21)35-30(39)19-41-29-15-10-22(17-27(29)33)18-34-38-31(40)24-13-11-23(12-14-24)28-20-42-32(37-28)36-25-7-3-2-4-8-25/h2-18,20H,19H2,1H3,(H,35,39)(H,36,37)(H,38,40)/b34-18+. The van der Waals surface area contributed by atoms with Crippen molar-refractivity contribution in [3.05, 3.63) is 124 Å². The van der Waals surface area contributed by atoms with Gasteiger partial charge < -0.3 is 15.4 Å². The van der Waals surface area contributed by atoms with Crippen LogP contribution in [0.1, 0.15) is 21.5 Å². The van der Waals surface area contributed by atoms with Gasteiger partial charge in [0.1, 0.15) is 5.75 Å². The summed E-state index contributed by atoms with van der Waals surface area (Å²) in [5.41, 5.74) is 8.24. The second-order valence-corrected chi connectivity index (χ2v) is 10.9. The largest absolute Gasteiger partial charge is 0.483 e. The Hall–Kier alpha value is -4.80. The number of para-hydroxylation sites is 1. The summed E-state index contributed by atoms with van der Waals surface area (Å²) < 4.78 is 6.30. The fraction of sp³-hybridized carbons (Fsp3) is 0.0625. The molecule has 0 aliphatic carbocycles. The number of ether oxygens (including phenoxy) is 1. The fourth-order valence-corrected chi connectivity index (χ4v) is 5.16. The lowest BCUT2D eigenvalue weighted by Crippen LogP contribution is -2.20. The summed E-state index contributed by atoms with van der Waals surface area (Å²) in [6.45, 7) is 1.82. The second kappa shape index (κ2) is 13.7. The van der Waals surface area contributed by atoms with Crippen molar-refractivity contribution in [3.8, 4) is 17.0 Å². The molecule has 1 aromatic heterocycles. The van der Waals surface area contributed by atoms with Crippen molar-refractivity contribution < 1.29 is 14.3 Å². The molecular weight excluding hydrogens is 614 g/mol. The van der Waals surface area contributed by atoms with Crippen molar-refractivity contribution >= 4 is 61.8 Å². The SMILES string of the molecule is Cc1cccc(NC(=O)COc2ccc(/C=N/NC(=O)c3ccc(-c4csc(Nc5ccccc5)n4)cc3)cc2Br)c1. The van der Waals surface area contributed by atoms with E-state index in [1.807, 2.05) is 79.0 Å². The van der Waals surface area contributed by atoms with Crippen molar-refractivity contribution in [2.45, 2.75) is 6.92 Å². The first-order valence-corrected chi connectivity index (χ1v) is 14.6. The number of halogens is 1. The number of hydrogen-bond donors (Lipinski definition) is 3. The molecule has 42 heavy (non-hydrogen) atoms. The van der Waals surface area contributed by atoms with Crippen molar-refractivity contribution in [2.75, 3.05) is 17.2 Å². The Balaban J connectivity index is 1.11. The Bertz CT molecular complexity index is 1720. The van der Waals surface area contributed by atoms with Gasteiger partial charge in [-0.1, -0.05) is 42.5 Å². The monoisotopic (exact) mass is 639 g/mol. The molecule has 0 bridgehead atoms. The van der Waals surface area contributed by atoms with E-state index in [4.69, 9.17) is 4.74 Å². The Labute approximate surface area is 255 Å². The molecule has 8 nitrogen and oxygen atoms in total. The minimum atomic E-state index is -0.332. The summed E-state index contributed by atoms with van der Waals surface area (Å²) in [4.78, 5) is 29.5. The van der Waals surface area contributed by atoms with Gasteiger partial charge in [0.05, 0.1) is 16.4 Å². The van der Waals surface area contributed by atoms with Crippen molar-refractivity contribution in [3.63, 3.8) is 0 Å². The van der Waals surface area contributed by atoms with Gasteiger partial charge in [0, 0.05) is 27.9 Å². The van der Waals surface area contributed by atoms with Crippen LogP contribution in [0.15, 0.2) is 112 Å². The van der Waals surface area contributed by atoms with Crippen LogP contribution in [-0.4, -0.2) is 29.6 Å². The summed E-state index contributed by atoms with van der Waals surface area (Å²) in [5, 5.41) is 12.9. The lowest BCUT2D eigenvalue weighted by molar-refractivity contribution is -0.118. The zero-order valence-electron chi connectivity index (χ0n) is 22.5. The highest BCUT2D eigenvalue weighted by molar-refractivity contribution is 9.10. The molecule has 0 aliphatic rings. The fourth-order valence-electron chi connectivity index (χ4n) is 3.91. The van der Waals surface area contributed by atoms with Gasteiger partial charge in [-0.15, -0.1) is 11.3 Å². The van der Waals surface area contributed by atoms with Gasteiger partial charge in [0.15, 0.2) is 11.7 Å². The molecule has 0 atom stereocenters. The lowest BCUT2D eigenvalue weighted by Gasteiger charge is -2.10. The molecular formula is C32H26BrN5O3S. The van der Waals surface area contributed by atoms with Crippen LogP contribution in [0.4, 0.5) is 16.5 Å². The number of nitrogens with one attached hydrogen (secondary N) is 3. The maximum Gasteiger partial charge on any atom is 0.271 e. The molecule has 4 aromatic carbocycles. The highest BCUT2D eigenvalue weighted by atomic mass is 79.9. The maximum absolute atomic E-state index is 12.6. The first-order chi connectivity index (χ1) is 20.4. The molecule has 210 valence electrons. The summed E-state index contributed by atoms with van der Waals surface area (Å²) >= 11 is 4.98. The number of thiazole rings is 1. The number of hydrazone groups is 1. The number of carbonyl (C=O) groups excluding carboxylic acids is 2. The minimum Gasteiger partial charge on any atom is -0.483 e. The quantitative estimate of drug-likeness (QED) is 0.109. The minimum absolute atomic E-state index is 0.136. The number of hydrogen-bond acceptors (Lipinski definition) is 7. The molecule has 5 aromatic rings. The van der Waals surface area contributed by atoms with E-state index in [0.29, 0.717) is 15.8 Å². The summed E-state index contributed by atoms with van der Waals surface area (Å²) in [5.74, 6) is -0.0785. The van der Waals surface area contributed by atoms with E-state index >= 15 is 0 Å². The van der Waals surface area contributed by atoms with Gasteiger partial charge in [-0.25, -0.2) is 10.4 Å². The van der Waals surface area contributed by atoms with Gasteiger partial charge in [0.25, 0.3) is 11.8 Å². The van der Waals surface area contributed by atoms with E-state index in [0.717, 1.165) is 38.9 Å². The summed E-state index contributed by atoms with van der Waals surface area (Å²) in [7, 11) is 0. The smallest absolute Gasteiger partial charge is 0.271 e. The summed E-state index contributed by atoms with van der Waals surface area (Å²) in [6.07, 6.45) is 1.53. The van der Waals surface area contributed by atoms with E-state index in [-0.39, 0.29) is 18.4 Å². The number of benzene rings is 4. The average molecular weight is 641 g/mol. The molecule has 1 heterocycles. The maximum atomic E-state index is 12.6. The molecule has 5 rings (SSSR count). The van der Waals surface area contributed by atoms with Crippen LogP contribution in [-0.2, 0) is 4.79 Å². The molecule has 0 saturated heterocycles.